The van der Waals surface area contributed by atoms with Crippen molar-refractivity contribution in [2.24, 2.45) is 11.8 Å². The molecule has 26 heavy (non-hydrogen) atoms. The van der Waals surface area contributed by atoms with Gasteiger partial charge >= 0.3 is 0 Å². The first kappa shape index (κ1) is 17.6. The number of aryl methyl sites for hydroxylation is 1. The number of fused-ring (bicyclic) bond motifs is 2. The summed E-state index contributed by atoms with van der Waals surface area (Å²) in [6.07, 6.45) is 11.1. The molecule has 138 valence electrons. The first-order valence-electron chi connectivity index (χ1n) is 9.86. The molecule has 2 atom stereocenters. The van der Waals surface area contributed by atoms with Crippen molar-refractivity contribution in [1.82, 2.24) is 19.9 Å². The van der Waals surface area contributed by atoms with Crippen LogP contribution >= 0.6 is 0 Å². The zero-order valence-electron chi connectivity index (χ0n) is 15.5. The first-order valence-corrected chi connectivity index (χ1v) is 9.86. The second-order valence-electron chi connectivity index (χ2n) is 7.82. The van der Waals surface area contributed by atoms with Crippen LogP contribution in [0.5, 0.6) is 0 Å². The molecule has 3 heterocycles. The van der Waals surface area contributed by atoms with Crippen LogP contribution in [-0.2, 0) is 18.6 Å². The lowest BCUT2D eigenvalue weighted by Crippen LogP contribution is -2.58. The lowest BCUT2D eigenvalue weighted by molar-refractivity contribution is -0.151. The Morgan fingerprint density at radius 2 is 1.85 bits per heavy atom. The Labute approximate surface area is 155 Å². The number of aromatic nitrogens is 3. The minimum absolute atomic E-state index is 0.241. The number of hydrogen-bond acceptors (Lipinski definition) is 5. The molecule has 4 rings (SSSR count). The minimum Gasteiger partial charge on any atom is -0.383 e. The van der Waals surface area contributed by atoms with Crippen LogP contribution in [0.4, 0.5) is 0 Å². The number of likely N-dealkylation sites (tertiary alicyclic amines) is 1. The van der Waals surface area contributed by atoms with Gasteiger partial charge in [-0.3, -0.25) is 9.88 Å². The van der Waals surface area contributed by atoms with Crippen LogP contribution in [0.1, 0.15) is 49.7 Å². The molecule has 1 aliphatic heterocycles. The first-order chi connectivity index (χ1) is 12.7. The van der Waals surface area contributed by atoms with Crippen molar-refractivity contribution in [2.45, 2.75) is 51.2 Å². The van der Waals surface area contributed by atoms with Gasteiger partial charge in [0.1, 0.15) is 11.4 Å². The summed E-state index contributed by atoms with van der Waals surface area (Å²) >= 11 is 0. The van der Waals surface area contributed by atoms with Crippen LogP contribution in [0.15, 0.2) is 36.8 Å². The van der Waals surface area contributed by atoms with E-state index >= 15 is 0 Å². The van der Waals surface area contributed by atoms with Gasteiger partial charge in [-0.25, -0.2) is 9.97 Å². The highest BCUT2D eigenvalue weighted by atomic mass is 16.3. The van der Waals surface area contributed by atoms with E-state index in [9.17, 15) is 5.11 Å². The average Bonchev–Trinajstić information content (AvgIpc) is 2.65. The fourth-order valence-corrected chi connectivity index (χ4v) is 4.76. The summed E-state index contributed by atoms with van der Waals surface area (Å²) in [7, 11) is 0. The van der Waals surface area contributed by atoms with E-state index in [2.05, 4.69) is 26.8 Å². The average molecular weight is 352 g/mol. The van der Waals surface area contributed by atoms with Gasteiger partial charge in [0.2, 0.25) is 0 Å². The van der Waals surface area contributed by atoms with Crippen LogP contribution in [0.25, 0.3) is 0 Å². The van der Waals surface area contributed by atoms with Crippen LogP contribution < -0.4 is 0 Å². The molecule has 0 unspecified atom stereocenters. The normalized spacial score (nSPS) is 28.8. The third-order valence-electron chi connectivity index (χ3n) is 6.02. The fourth-order valence-electron chi connectivity index (χ4n) is 4.76. The van der Waals surface area contributed by atoms with Crippen molar-refractivity contribution in [3.05, 3.63) is 53.9 Å². The highest BCUT2D eigenvalue weighted by molar-refractivity contribution is 5.20. The van der Waals surface area contributed by atoms with Crippen LogP contribution in [0.3, 0.4) is 0 Å². The molecule has 5 nitrogen and oxygen atoms in total. The molecule has 0 spiro atoms. The maximum atomic E-state index is 11.6. The summed E-state index contributed by atoms with van der Waals surface area (Å²) in [5, 5.41) is 11.6. The Bertz CT molecular complexity index is 705. The SMILES string of the molecule is CCCc1ncc(CN2C[C@@H]3CCC[C@@H](C2)C3(O)c2ccccn2)cn1. The zero-order valence-corrected chi connectivity index (χ0v) is 15.5. The number of hydrogen-bond donors (Lipinski definition) is 1. The molecule has 1 N–H and O–H groups in total. The number of pyridine rings is 1. The monoisotopic (exact) mass is 352 g/mol. The van der Waals surface area contributed by atoms with Gasteiger partial charge in [-0.15, -0.1) is 0 Å². The van der Waals surface area contributed by atoms with Crippen molar-refractivity contribution < 1.29 is 5.11 Å². The molecule has 0 radical (unpaired) electrons. The molecule has 2 bridgehead atoms. The third kappa shape index (κ3) is 3.26. The van der Waals surface area contributed by atoms with E-state index in [1.165, 1.54) is 6.42 Å². The van der Waals surface area contributed by atoms with E-state index in [4.69, 9.17) is 0 Å². The minimum atomic E-state index is -0.780. The van der Waals surface area contributed by atoms with Crippen molar-refractivity contribution in [2.75, 3.05) is 13.1 Å². The van der Waals surface area contributed by atoms with Crippen molar-refractivity contribution >= 4 is 0 Å². The molecule has 1 saturated carbocycles. The van der Waals surface area contributed by atoms with Crippen LogP contribution in [0, 0.1) is 11.8 Å². The Hall–Kier alpha value is -1.85. The van der Waals surface area contributed by atoms with E-state index in [0.29, 0.717) is 0 Å². The summed E-state index contributed by atoms with van der Waals surface area (Å²) in [5.41, 5.74) is 1.23. The predicted molar refractivity (Wildman–Crippen MR) is 100 cm³/mol. The van der Waals surface area contributed by atoms with Gasteiger partial charge in [-0.05, 0) is 31.4 Å². The summed E-state index contributed by atoms with van der Waals surface area (Å²) in [6.45, 7) is 4.81. The number of aliphatic hydroxyl groups is 1. The van der Waals surface area contributed by atoms with Gasteiger partial charge in [-0.2, -0.15) is 0 Å². The molecule has 0 amide bonds. The highest BCUT2D eigenvalue weighted by Crippen LogP contribution is 2.48. The van der Waals surface area contributed by atoms with Crippen molar-refractivity contribution in [3.8, 4) is 0 Å². The maximum Gasteiger partial charge on any atom is 0.128 e. The Kier molecular flexibility index (Phi) is 5.00. The topological polar surface area (TPSA) is 62.1 Å². The maximum absolute atomic E-state index is 11.6. The van der Waals surface area contributed by atoms with E-state index in [1.54, 1.807) is 6.20 Å². The van der Waals surface area contributed by atoms with E-state index in [0.717, 1.165) is 62.4 Å². The summed E-state index contributed by atoms with van der Waals surface area (Å²) in [5.74, 6) is 1.41. The molecule has 1 saturated heterocycles. The molecular weight excluding hydrogens is 324 g/mol. The molecule has 2 aromatic rings. The second kappa shape index (κ2) is 7.41. The number of nitrogens with zero attached hydrogens (tertiary/aromatic N) is 4. The Balaban J connectivity index is 1.49. The second-order valence-corrected chi connectivity index (χ2v) is 7.82. The van der Waals surface area contributed by atoms with Gasteiger partial charge in [0.25, 0.3) is 0 Å². The Morgan fingerprint density at radius 3 is 2.46 bits per heavy atom. The summed E-state index contributed by atoms with van der Waals surface area (Å²) in [6, 6.07) is 5.89. The van der Waals surface area contributed by atoms with E-state index in [1.807, 2.05) is 30.6 Å². The van der Waals surface area contributed by atoms with E-state index < -0.39 is 5.60 Å². The van der Waals surface area contributed by atoms with Crippen LogP contribution in [-0.4, -0.2) is 38.0 Å². The lowest BCUT2D eigenvalue weighted by Gasteiger charge is -2.52. The number of rotatable bonds is 5. The van der Waals surface area contributed by atoms with Gasteiger partial charge in [0.05, 0.1) is 5.69 Å². The molecule has 2 fully saturated rings. The molecule has 0 aromatic carbocycles. The summed E-state index contributed by atoms with van der Waals surface area (Å²) < 4.78 is 0. The van der Waals surface area contributed by atoms with Crippen LogP contribution in [0.2, 0.25) is 0 Å². The van der Waals surface area contributed by atoms with Gasteiger partial charge in [-0.1, -0.05) is 19.4 Å². The molecule has 1 aliphatic carbocycles. The standard InChI is InChI=1S/C21H28N4O/c1-2-6-20-23-11-16(12-24-20)13-25-14-17-7-5-8-18(15-25)21(17,26)19-9-3-4-10-22-19/h3-4,9-12,17-18,26H,2,5-8,13-15H2,1H3/t17-,18-/m0/s1. The quantitative estimate of drug-likeness (QED) is 0.896. The number of piperidine rings is 1. The zero-order chi connectivity index (χ0) is 18.0. The molecule has 2 aliphatic rings. The fraction of sp³-hybridized carbons (Fsp3) is 0.571. The summed E-state index contributed by atoms with van der Waals surface area (Å²) in [4.78, 5) is 15.9. The molecule has 5 heteroatoms. The van der Waals surface area contributed by atoms with Gasteiger partial charge in [0, 0.05) is 62.0 Å². The van der Waals surface area contributed by atoms with Crippen molar-refractivity contribution in [1.29, 1.82) is 0 Å². The van der Waals surface area contributed by atoms with E-state index in [-0.39, 0.29) is 11.8 Å². The smallest absolute Gasteiger partial charge is 0.128 e. The van der Waals surface area contributed by atoms with Crippen molar-refractivity contribution in [3.63, 3.8) is 0 Å². The Morgan fingerprint density at radius 1 is 1.12 bits per heavy atom. The highest BCUT2D eigenvalue weighted by Gasteiger charge is 2.52. The van der Waals surface area contributed by atoms with Gasteiger partial charge < -0.3 is 5.11 Å². The molecular formula is C21H28N4O. The molecule has 2 aromatic heterocycles. The third-order valence-corrected chi connectivity index (χ3v) is 6.02. The largest absolute Gasteiger partial charge is 0.383 e. The van der Waals surface area contributed by atoms with Gasteiger partial charge in [0.15, 0.2) is 0 Å². The predicted octanol–water partition coefficient (Wildman–Crippen LogP) is 2.94. The lowest BCUT2D eigenvalue weighted by atomic mass is 9.64.